The highest BCUT2D eigenvalue weighted by atomic mass is 32.2. The number of ether oxygens (including phenoxy) is 1. The molecule has 7 heteroatoms. The quantitative estimate of drug-likeness (QED) is 0.760. The highest BCUT2D eigenvalue weighted by Gasteiger charge is 2.28. The van der Waals surface area contributed by atoms with E-state index in [1.807, 2.05) is 0 Å². The maximum absolute atomic E-state index is 12.3. The first-order valence-electron chi connectivity index (χ1n) is 9.99. The number of piperazine rings is 1. The number of sulfonamides is 1. The standard InChI is InChI=1S/C20H33N3O3S/c1-4-27(24,25)23-11-12-26-16-19(15-23)14-21-7-9-22(10-8-21)20-13-17(2)5-6-18(20)3/h5-6,13,19H,4,7-12,14-16H2,1-3H3. The minimum absolute atomic E-state index is 0.161. The normalized spacial score (nSPS) is 23.4. The van der Waals surface area contributed by atoms with Gasteiger partial charge in [-0.3, -0.25) is 4.90 Å². The van der Waals surface area contributed by atoms with Crippen molar-refractivity contribution < 1.29 is 13.2 Å². The lowest BCUT2D eigenvalue weighted by Gasteiger charge is -2.38. The molecule has 2 fully saturated rings. The Labute approximate surface area is 164 Å². The van der Waals surface area contributed by atoms with E-state index in [2.05, 4.69) is 41.8 Å². The van der Waals surface area contributed by atoms with Gasteiger partial charge in [-0.2, -0.15) is 4.31 Å². The Bertz CT molecular complexity index is 730. The summed E-state index contributed by atoms with van der Waals surface area (Å²) in [7, 11) is -3.15. The van der Waals surface area contributed by atoms with E-state index in [4.69, 9.17) is 4.74 Å². The van der Waals surface area contributed by atoms with Gasteiger partial charge in [0.05, 0.1) is 19.0 Å². The van der Waals surface area contributed by atoms with Gasteiger partial charge in [0, 0.05) is 57.4 Å². The van der Waals surface area contributed by atoms with E-state index in [1.165, 1.54) is 16.8 Å². The van der Waals surface area contributed by atoms with Crippen LogP contribution in [0.3, 0.4) is 0 Å². The molecule has 6 nitrogen and oxygen atoms in total. The van der Waals surface area contributed by atoms with E-state index >= 15 is 0 Å². The van der Waals surface area contributed by atoms with E-state index < -0.39 is 10.0 Å². The summed E-state index contributed by atoms with van der Waals surface area (Å²) in [6.45, 7) is 13.1. The van der Waals surface area contributed by atoms with Crippen molar-refractivity contribution in [2.24, 2.45) is 5.92 Å². The highest BCUT2D eigenvalue weighted by Crippen LogP contribution is 2.23. The van der Waals surface area contributed by atoms with Crippen LogP contribution in [0.4, 0.5) is 5.69 Å². The summed E-state index contributed by atoms with van der Waals surface area (Å²) in [6.07, 6.45) is 0. The molecule has 0 amide bonds. The van der Waals surface area contributed by atoms with E-state index in [1.54, 1.807) is 11.2 Å². The Morgan fingerprint density at radius 2 is 1.85 bits per heavy atom. The van der Waals surface area contributed by atoms with E-state index in [-0.39, 0.29) is 11.7 Å². The molecule has 27 heavy (non-hydrogen) atoms. The summed E-state index contributed by atoms with van der Waals surface area (Å²) in [5.41, 5.74) is 3.96. The van der Waals surface area contributed by atoms with Gasteiger partial charge in [-0.25, -0.2) is 8.42 Å². The zero-order valence-electron chi connectivity index (χ0n) is 16.9. The lowest BCUT2D eigenvalue weighted by atomic mass is 10.1. The summed E-state index contributed by atoms with van der Waals surface area (Å²) in [6, 6.07) is 6.64. The Morgan fingerprint density at radius 3 is 2.56 bits per heavy atom. The van der Waals surface area contributed by atoms with Crippen molar-refractivity contribution in [3.8, 4) is 0 Å². The van der Waals surface area contributed by atoms with Gasteiger partial charge in [0.2, 0.25) is 10.0 Å². The molecular formula is C20H33N3O3S. The molecule has 0 bridgehead atoms. The number of rotatable bonds is 5. The lowest BCUT2D eigenvalue weighted by Crippen LogP contribution is -2.49. The molecule has 1 unspecified atom stereocenters. The Hall–Kier alpha value is -1.15. The zero-order chi connectivity index (χ0) is 19.4. The number of hydrogen-bond donors (Lipinski definition) is 0. The number of benzene rings is 1. The Balaban J connectivity index is 1.56. The van der Waals surface area contributed by atoms with Gasteiger partial charge < -0.3 is 9.64 Å². The van der Waals surface area contributed by atoms with Crippen molar-refractivity contribution in [1.29, 1.82) is 0 Å². The summed E-state index contributed by atoms with van der Waals surface area (Å²) in [5.74, 6) is 0.398. The molecule has 1 aromatic carbocycles. The zero-order valence-corrected chi connectivity index (χ0v) is 17.7. The van der Waals surface area contributed by atoms with Crippen LogP contribution >= 0.6 is 0 Å². The van der Waals surface area contributed by atoms with Crippen LogP contribution < -0.4 is 4.90 Å². The van der Waals surface area contributed by atoms with Crippen molar-refractivity contribution in [2.75, 3.05) is 69.7 Å². The minimum atomic E-state index is -3.15. The van der Waals surface area contributed by atoms with Crippen LogP contribution in [0, 0.1) is 19.8 Å². The van der Waals surface area contributed by atoms with Crippen LogP contribution in [0.25, 0.3) is 0 Å². The van der Waals surface area contributed by atoms with Gasteiger partial charge in [0.15, 0.2) is 0 Å². The fourth-order valence-corrected chi connectivity index (χ4v) is 5.15. The number of aryl methyl sites for hydroxylation is 2. The third-order valence-corrected chi connectivity index (χ3v) is 7.50. The predicted octanol–water partition coefficient (Wildman–Crippen LogP) is 1.72. The topological polar surface area (TPSA) is 53.1 Å². The van der Waals surface area contributed by atoms with Crippen molar-refractivity contribution in [3.05, 3.63) is 29.3 Å². The molecule has 0 spiro atoms. The van der Waals surface area contributed by atoms with Gasteiger partial charge in [-0.05, 0) is 38.0 Å². The van der Waals surface area contributed by atoms with Gasteiger partial charge >= 0.3 is 0 Å². The van der Waals surface area contributed by atoms with Crippen LogP contribution in [-0.4, -0.2) is 82.4 Å². The number of hydrogen-bond acceptors (Lipinski definition) is 5. The lowest BCUT2D eigenvalue weighted by molar-refractivity contribution is 0.102. The fourth-order valence-electron chi connectivity index (χ4n) is 3.99. The predicted molar refractivity (Wildman–Crippen MR) is 110 cm³/mol. The van der Waals surface area contributed by atoms with Crippen LogP contribution in [-0.2, 0) is 14.8 Å². The SMILES string of the molecule is CCS(=O)(=O)N1CCOCC(CN2CCN(c3cc(C)ccc3C)CC2)C1. The van der Waals surface area contributed by atoms with Crippen molar-refractivity contribution in [3.63, 3.8) is 0 Å². The van der Waals surface area contributed by atoms with Gasteiger partial charge in [0.1, 0.15) is 0 Å². The first-order chi connectivity index (χ1) is 12.9. The third-order valence-electron chi connectivity index (χ3n) is 5.65. The summed E-state index contributed by atoms with van der Waals surface area (Å²) in [4.78, 5) is 4.92. The monoisotopic (exact) mass is 395 g/mol. The first kappa shape index (κ1) is 20.6. The molecule has 2 aliphatic heterocycles. The third kappa shape index (κ3) is 5.22. The van der Waals surface area contributed by atoms with Crippen molar-refractivity contribution in [1.82, 2.24) is 9.21 Å². The molecule has 2 heterocycles. The smallest absolute Gasteiger partial charge is 0.213 e. The Kier molecular flexibility index (Phi) is 6.78. The van der Waals surface area contributed by atoms with Crippen molar-refractivity contribution in [2.45, 2.75) is 20.8 Å². The molecule has 3 rings (SSSR count). The molecule has 0 saturated carbocycles. The summed E-state index contributed by atoms with van der Waals surface area (Å²) >= 11 is 0. The fraction of sp³-hybridized carbons (Fsp3) is 0.700. The molecule has 0 N–H and O–H groups in total. The highest BCUT2D eigenvalue weighted by molar-refractivity contribution is 7.89. The van der Waals surface area contributed by atoms with Crippen LogP contribution in [0.5, 0.6) is 0 Å². The van der Waals surface area contributed by atoms with Gasteiger partial charge in [-0.15, -0.1) is 0 Å². The molecule has 1 aromatic rings. The molecule has 1 atom stereocenters. The Morgan fingerprint density at radius 1 is 1.11 bits per heavy atom. The average Bonchev–Trinajstić information content (AvgIpc) is 2.90. The average molecular weight is 396 g/mol. The molecule has 2 aliphatic rings. The maximum atomic E-state index is 12.3. The molecule has 152 valence electrons. The molecule has 0 aromatic heterocycles. The number of anilines is 1. The first-order valence-corrected chi connectivity index (χ1v) is 11.6. The van der Waals surface area contributed by atoms with Crippen LogP contribution in [0.2, 0.25) is 0 Å². The minimum Gasteiger partial charge on any atom is -0.380 e. The second-order valence-electron chi connectivity index (χ2n) is 7.78. The number of nitrogens with zero attached hydrogens (tertiary/aromatic N) is 3. The molecule has 2 saturated heterocycles. The van der Waals surface area contributed by atoms with Gasteiger partial charge in [-0.1, -0.05) is 12.1 Å². The second kappa shape index (κ2) is 8.90. The van der Waals surface area contributed by atoms with Crippen LogP contribution in [0.15, 0.2) is 18.2 Å². The molecular weight excluding hydrogens is 362 g/mol. The van der Waals surface area contributed by atoms with Gasteiger partial charge in [0.25, 0.3) is 0 Å². The summed E-state index contributed by atoms with van der Waals surface area (Å²) < 4.78 is 31.8. The second-order valence-corrected chi connectivity index (χ2v) is 10.0. The largest absolute Gasteiger partial charge is 0.380 e. The summed E-state index contributed by atoms with van der Waals surface area (Å²) in [5, 5.41) is 0. The van der Waals surface area contributed by atoms with E-state index in [9.17, 15) is 8.42 Å². The van der Waals surface area contributed by atoms with Crippen molar-refractivity contribution >= 4 is 15.7 Å². The van der Waals surface area contributed by atoms with Crippen LogP contribution in [0.1, 0.15) is 18.1 Å². The molecule has 0 radical (unpaired) electrons. The van der Waals surface area contributed by atoms with E-state index in [0.717, 1.165) is 32.7 Å². The van der Waals surface area contributed by atoms with E-state index in [0.29, 0.717) is 26.3 Å². The molecule has 0 aliphatic carbocycles. The maximum Gasteiger partial charge on any atom is 0.213 e.